The molecule has 1 saturated heterocycles. The number of anilines is 2. The Morgan fingerprint density at radius 2 is 1.97 bits per heavy atom. The van der Waals surface area contributed by atoms with Gasteiger partial charge in [0.2, 0.25) is 5.95 Å². The maximum atomic E-state index is 14.3. The summed E-state index contributed by atoms with van der Waals surface area (Å²) in [5, 5.41) is 0. The minimum absolute atomic E-state index is 0.157. The Morgan fingerprint density at radius 1 is 1.25 bits per heavy atom. The van der Waals surface area contributed by atoms with Gasteiger partial charge in [0.1, 0.15) is 11.7 Å². The van der Waals surface area contributed by atoms with Crippen molar-refractivity contribution in [3.63, 3.8) is 0 Å². The Morgan fingerprint density at radius 3 is 2.64 bits per heavy atom. The van der Waals surface area contributed by atoms with Crippen molar-refractivity contribution in [2.24, 2.45) is 7.05 Å². The van der Waals surface area contributed by atoms with Crippen molar-refractivity contribution in [2.45, 2.75) is 25.6 Å². The quantitative estimate of drug-likeness (QED) is 0.519. The average Bonchev–Trinajstić information content (AvgIpc) is 2.89. The number of likely N-dealkylation sites (N-methyl/N-ethyl adjacent to an activating group) is 1. The zero-order valence-corrected chi connectivity index (χ0v) is 21.1. The third-order valence-corrected chi connectivity index (χ3v) is 6.49. The second kappa shape index (κ2) is 10.2. The maximum absolute atomic E-state index is 14.3. The largest absolute Gasteiger partial charge is 0.370 e. The Kier molecular flexibility index (Phi) is 7.18. The minimum atomic E-state index is -0.933. The smallest absolute Gasteiger partial charge is 0.258 e. The summed E-state index contributed by atoms with van der Waals surface area (Å²) in [5.74, 6) is -0.261. The van der Waals surface area contributed by atoms with Gasteiger partial charge in [-0.3, -0.25) is 19.1 Å². The van der Waals surface area contributed by atoms with E-state index in [4.69, 9.17) is 9.47 Å². The van der Waals surface area contributed by atoms with E-state index in [1.165, 1.54) is 30.0 Å². The first-order valence-electron chi connectivity index (χ1n) is 11.6. The first kappa shape index (κ1) is 25.5. The number of halogens is 1. The molecule has 0 bridgehead atoms. The van der Waals surface area contributed by atoms with E-state index in [0.29, 0.717) is 25.6 Å². The Balaban J connectivity index is 1.56. The first-order chi connectivity index (χ1) is 17.1. The number of benzene rings is 1. The van der Waals surface area contributed by atoms with Gasteiger partial charge in [0.25, 0.3) is 11.5 Å². The van der Waals surface area contributed by atoms with E-state index in [-0.39, 0.29) is 28.8 Å². The summed E-state index contributed by atoms with van der Waals surface area (Å²) in [6, 6.07) is 10.4. The molecule has 1 amide bonds. The first-order valence-corrected chi connectivity index (χ1v) is 11.6. The number of methoxy groups -OCH3 is 1. The summed E-state index contributed by atoms with van der Waals surface area (Å²) >= 11 is 0. The molecule has 36 heavy (non-hydrogen) atoms. The van der Waals surface area contributed by atoms with Crippen LogP contribution in [-0.2, 0) is 21.3 Å². The van der Waals surface area contributed by atoms with E-state index in [2.05, 4.69) is 9.97 Å². The fourth-order valence-electron chi connectivity index (χ4n) is 4.08. The third kappa shape index (κ3) is 5.00. The van der Waals surface area contributed by atoms with Gasteiger partial charge in [0.05, 0.1) is 25.0 Å². The van der Waals surface area contributed by atoms with E-state index < -0.39 is 11.4 Å². The predicted molar refractivity (Wildman–Crippen MR) is 135 cm³/mol. The molecular formula is C26H30FN5O4. The highest BCUT2D eigenvalue weighted by Gasteiger charge is 2.31. The molecule has 4 rings (SSSR count). The number of aromatic nitrogens is 3. The number of nitrogens with zero attached hydrogens (tertiary/aromatic N) is 5. The number of morpholine rings is 1. The molecule has 1 aromatic carbocycles. The average molecular weight is 496 g/mol. The van der Waals surface area contributed by atoms with Crippen LogP contribution in [0, 0.1) is 5.82 Å². The van der Waals surface area contributed by atoms with Gasteiger partial charge in [-0.1, -0.05) is 12.1 Å². The molecule has 0 spiro atoms. The molecule has 3 heterocycles. The number of amides is 1. The number of hydrogen-bond acceptors (Lipinski definition) is 7. The second-order valence-electron chi connectivity index (χ2n) is 9.17. The standard InChI is InChI=1S/C26H30FN5O4/c1-26(2,35-5)24(34)30(3)18-8-6-17(7-9-18)22-16-32(12-13-36-22)25-29-21(14-23(33)31(25)4)19-10-11-28-15-20(19)27/h6-11,14-15,22H,12-13,16H2,1-5H3/t22-/m1/s1. The van der Waals surface area contributed by atoms with E-state index in [9.17, 15) is 14.0 Å². The summed E-state index contributed by atoms with van der Waals surface area (Å²) in [6.07, 6.45) is 2.29. The number of hydrogen-bond donors (Lipinski definition) is 0. The van der Waals surface area contributed by atoms with E-state index >= 15 is 0 Å². The molecule has 10 heteroatoms. The number of carbonyl (C=O) groups excluding carboxylic acids is 1. The van der Waals surface area contributed by atoms with Crippen LogP contribution in [0.15, 0.2) is 53.6 Å². The van der Waals surface area contributed by atoms with E-state index in [1.54, 1.807) is 32.8 Å². The summed E-state index contributed by atoms with van der Waals surface area (Å²) < 4.78 is 27.1. The second-order valence-corrected chi connectivity index (χ2v) is 9.17. The summed E-state index contributed by atoms with van der Waals surface area (Å²) in [5.41, 5.74) is 0.920. The van der Waals surface area contributed by atoms with Gasteiger partial charge < -0.3 is 19.3 Å². The monoisotopic (exact) mass is 495 g/mol. The topological polar surface area (TPSA) is 89.8 Å². The highest BCUT2D eigenvalue weighted by Crippen LogP contribution is 2.28. The van der Waals surface area contributed by atoms with Crippen LogP contribution in [0.25, 0.3) is 11.3 Å². The van der Waals surface area contributed by atoms with E-state index in [0.717, 1.165) is 17.4 Å². The fraction of sp³-hybridized carbons (Fsp3) is 0.385. The summed E-state index contributed by atoms with van der Waals surface area (Å²) in [7, 11) is 4.86. The molecule has 1 fully saturated rings. The molecule has 2 aromatic heterocycles. The van der Waals surface area contributed by atoms with Gasteiger partial charge in [-0.2, -0.15) is 0 Å². The number of ether oxygens (including phenoxy) is 2. The SMILES string of the molecule is COC(C)(C)C(=O)N(C)c1ccc([C@H]2CN(c3nc(-c4ccncc4F)cc(=O)n3C)CCO2)cc1. The van der Waals surface area contributed by atoms with E-state index in [1.807, 2.05) is 29.2 Å². The molecule has 1 atom stereocenters. The lowest BCUT2D eigenvalue weighted by Gasteiger charge is -2.35. The van der Waals surface area contributed by atoms with Gasteiger partial charge in [-0.15, -0.1) is 0 Å². The van der Waals surface area contributed by atoms with Gasteiger partial charge in [0, 0.05) is 51.3 Å². The van der Waals surface area contributed by atoms with Crippen LogP contribution in [-0.4, -0.2) is 59.9 Å². The van der Waals surface area contributed by atoms with Crippen molar-refractivity contribution in [3.05, 3.63) is 70.5 Å². The normalized spacial score (nSPS) is 16.2. The summed E-state index contributed by atoms with van der Waals surface area (Å²) in [6.45, 7) is 4.86. The van der Waals surface area contributed by atoms with Gasteiger partial charge >= 0.3 is 0 Å². The highest BCUT2D eigenvalue weighted by molar-refractivity contribution is 5.98. The van der Waals surface area contributed by atoms with Crippen molar-refractivity contribution in [3.8, 4) is 11.3 Å². The molecule has 0 N–H and O–H groups in total. The third-order valence-electron chi connectivity index (χ3n) is 6.49. The molecule has 1 aliphatic heterocycles. The lowest BCUT2D eigenvalue weighted by molar-refractivity contribution is -0.136. The van der Waals surface area contributed by atoms with Crippen molar-refractivity contribution < 1.29 is 18.7 Å². The highest BCUT2D eigenvalue weighted by atomic mass is 19.1. The number of rotatable bonds is 6. The lowest BCUT2D eigenvalue weighted by atomic mass is 10.1. The predicted octanol–water partition coefficient (Wildman–Crippen LogP) is 2.95. The molecule has 3 aromatic rings. The zero-order chi connectivity index (χ0) is 26.0. The molecule has 0 unspecified atom stereocenters. The molecule has 0 saturated carbocycles. The molecule has 190 valence electrons. The molecule has 0 radical (unpaired) electrons. The zero-order valence-electron chi connectivity index (χ0n) is 21.1. The lowest BCUT2D eigenvalue weighted by Crippen LogP contribution is -2.44. The molecular weight excluding hydrogens is 465 g/mol. The Bertz CT molecular complexity index is 1310. The Labute approximate surface area is 209 Å². The van der Waals surface area contributed by atoms with Crippen LogP contribution in [0.3, 0.4) is 0 Å². The molecule has 0 aliphatic carbocycles. The Hall–Kier alpha value is -3.63. The van der Waals surface area contributed by atoms with Crippen LogP contribution < -0.4 is 15.4 Å². The molecule has 1 aliphatic rings. The van der Waals surface area contributed by atoms with Crippen LogP contribution in [0.4, 0.5) is 16.0 Å². The fourth-order valence-corrected chi connectivity index (χ4v) is 4.08. The number of pyridine rings is 1. The van der Waals surface area contributed by atoms with Crippen LogP contribution in [0.1, 0.15) is 25.5 Å². The van der Waals surface area contributed by atoms with Crippen LogP contribution in [0.2, 0.25) is 0 Å². The van der Waals surface area contributed by atoms with Crippen molar-refractivity contribution in [1.29, 1.82) is 0 Å². The van der Waals surface area contributed by atoms with Crippen molar-refractivity contribution in [1.82, 2.24) is 14.5 Å². The van der Waals surface area contributed by atoms with Gasteiger partial charge in [-0.25, -0.2) is 9.37 Å². The summed E-state index contributed by atoms with van der Waals surface area (Å²) in [4.78, 5) is 37.3. The maximum Gasteiger partial charge on any atom is 0.258 e. The van der Waals surface area contributed by atoms with Gasteiger partial charge in [-0.05, 0) is 37.6 Å². The molecule has 9 nitrogen and oxygen atoms in total. The van der Waals surface area contributed by atoms with Crippen molar-refractivity contribution in [2.75, 3.05) is 43.7 Å². The van der Waals surface area contributed by atoms with Crippen molar-refractivity contribution >= 4 is 17.5 Å². The number of carbonyl (C=O) groups is 1. The van der Waals surface area contributed by atoms with Crippen LogP contribution in [0.5, 0.6) is 0 Å². The van der Waals surface area contributed by atoms with Gasteiger partial charge in [0.15, 0.2) is 5.82 Å². The minimum Gasteiger partial charge on any atom is -0.370 e. The van der Waals surface area contributed by atoms with Crippen LogP contribution >= 0.6 is 0 Å².